The first-order valence-corrected chi connectivity index (χ1v) is 6.78. The highest BCUT2D eigenvalue weighted by Crippen LogP contribution is 2.16. The van der Waals surface area contributed by atoms with E-state index in [-0.39, 0.29) is 11.3 Å². The van der Waals surface area contributed by atoms with E-state index in [1.807, 2.05) is 0 Å². The van der Waals surface area contributed by atoms with Crippen LogP contribution in [0.3, 0.4) is 0 Å². The molecule has 1 aromatic heterocycles. The number of rotatable bonds is 6. The van der Waals surface area contributed by atoms with E-state index in [0.29, 0.717) is 18.1 Å². The fourth-order valence-electron chi connectivity index (χ4n) is 1.44. The molecule has 0 saturated carbocycles. The third-order valence-electron chi connectivity index (χ3n) is 2.61. The van der Waals surface area contributed by atoms with Gasteiger partial charge in [0.15, 0.2) is 5.69 Å². The number of carbonyl (C=O) groups is 1. The Balaban J connectivity index is 2.44. The maximum atomic E-state index is 11.8. The SMILES string of the molecule is CCCNc1ccc(C(=O)NCCC(C)(C)C)nn1. The van der Waals surface area contributed by atoms with Gasteiger partial charge in [-0.25, -0.2) is 0 Å². The largest absolute Gasteiger partial charge is 0.369 e. The van der Waals surface area contributed by atoms with Gasteiger partial charge in [0, 0.05) is 13.1 Å². The molecular weight excluding hydrogens is 240 g/mol. The number of carbonyl (C=O) groups excluding carboxylic acids is 1. The molecular formula is C14H24N4O. The van der Waals surface area contributed by atoms with Crippen LogP contribution >= 0.6 is 0 Å². The highest BCUT2D eigenvalue weighted by Gasteiger charge is 2.12. The highest BCUT2D eigenvalue weighted by atomic mass is 16.1. The van der Waals surface area contributed by atoms with Crippen LogP contribution in [-0.2, 0) is 0 Å². The van der Waals surface area contributed by atoms with E-state index in [2.05, 4.69) is 48.5 Å². The van der Waals surface area contributed by atoms with E-state index in [9.17, 15) is 4.79 Å². The highest BCUT2D eigenvalue weighted by molar-refractivity contribution is 5.92. The van der Waals surface area contributed by atoms with Gasteiger partial charge >= 0.3 is 0 Å². The van der Waals surface area contributed by atoms with Crippen molar-refractivity contribution in [2.24, 2.45) is 5.41 Å². The van der Waals surface area contributed by atoms with E-state index < -0.39 is 0 Å². The molecule has 0 aliphatic carbocycles. The minimum atomic E-state index is -0.168. The lowest BCUT2D eigenvalue weighted by Gasteiger charge is -2.17. The molecule has 0 spiro atoms. The van der Waals surface area contributed by atoms with Crippen molar-refractivity contribution in [1.29, 1.82) is 0 Å². The van der Waals surface area contributed by atoms with Gasteiger partial charge in [-0.05, 0) is 30.4 Å². The Kier molecular flexibility index (Phi) is 5.73. The van der Waals surface area contributed by atoms with E-state index in [1.165, 1.54) is 0 Å². The summed E-state index contributed by atoms with van der Waals surface area (Å²) in [6, 6.07) is 3.47. The second-order valence-corrected chi connectivity index (χ2v) is 5.80. The third-order valence-corrected chi connectivity index (χ3v) is 2.61. The number of nitrogens with zero attached hydrogens (tertiary/aromatic N) is 2. The molecule has 2 N–H and O–H groups in total. The average molecular weight is 264 g/mol. The summed E-state index contributed by atoms with van der Waals surface area (Å²) in [7, 11) is 0. The van der Waals surface area contributed by atoms with Gasteiger partial charge in [-0.1, -0.05) is 27.7 Å². The third kappa shape index (κ3) is 6.18. The summed E-state index contributed by atoms with van der Waals surface area (Å²) in [6.45, 7) is 10.0. The van der Waals surface area contributed by atoms with Gasteiger partial charge in [-0.3, -0.25) is 4.79 Å². The number of hydrogen-bond donors (Lipinski definition) is 2. The molecule has 1 heterocycles. The molecule has 0 radical (unpaired) electrons. The summed E-state index contributed by atoms with van der Waals surface area (Å²) in [4.78, 5) is 11.8. The van der Waals surface area contributed by atoms with Crippen LogP contribution in [0, 0.1) is 5.41 Å². The van der Waals surface area contributed by atoms with Gasteiger partial charge in [0.2, 0.25) is 0 Å². The van der Waals surface area contributed by atoms with Crippen LogP contribution in [0.5, 0.6) is 0 Å². The van der Waals surface area contributed by atoms with Crippen molar-refractivity contribution in [2.75, 3.05) is 18.4 Å². The monoisotopic (exact) mass is 264 g/mol. The number of hydrogen-bond acceptors (Lipinski definition) is 4. The van der Waals surface area contributed by atoms with Crippen LogP contribution in [0.25, 0.3) is 0 Å². The van der Waals surface area contributed by atoms with Crippen molar-refractivity contribution in [1.82, 2.24) is 15.5 Å². The summed E-state index contributed by atoms with van der Waals surface area (Å²) >= 11 is 0. The van der Waals surface area contributed by atoms with Crippen LogP contribution in [0.1, 0.15) is 51.0 Å². The predicted octanol–water partition coefficient (Wildman–Crippen LogP) is 2.46. The quantitative estimate of drug-likeness (QED) is 0.828. The zero-order valence-corrected chi connectivity index (χ0v) is 12.3. The Morgan fingerprint density at radius 1 is 1.21 bits per heavy atom. The summed E-state index contributed by atoms with van der Waals surface area (Å²) in [6.07, 6.45) is 1.96. The lowest BCUT2D eigenvalue weighted by atomic mass is 9.92. The van der Waals surface area contributed by atoms with Crippen LogP contribution in [0.4, 0.5) is 5.82 Å². The van der Waals surface area contributed by atoms with Crippen molar-refractivity contribution in [3.8, 4) is 0 Å². The van der Waals surface area contributed by atoms with Crippen LogP contribution in [0.2, 0.25) is 0 Å². The van der Waals surface area contributed by atoms with Crippen molar-refractivity contribution in [3.63, 3.8) is 0 Å². The van der Waals surface area contributed by atoms with E-state index >= 15 is 0 Å². The van der Waals surface area contributed by atoms with Gasteiger partial charge < -0.3 is 10.6 Å². The Hall–Kier alpha value is -1.65. The maximum absolute atomic E-state index is 11.8. The molecule has 0 aliphatic heterocycles. The summed E-state index contributed by atoms with van der Waals surface area (Å²) in [5.74, 6) is 0.534. The second kappa shape index (κ2) is 7.07. The summed E-state index contributed by atoms with van der Waals surface area (Å²) in [5.41, 5.74) is 0.573. The molecule has 1 rings (SSSR count). The molecule has 1 aromatic rings. The smallest absolute Gasteiger partial charge is 0.271 e. The Bertz CT molecular complexity index is 395. The first kappa shape index (κ1) is 15.4. The molecule has 0 unspecified atom stereocenters. The van der Waals surface area contributed by atoms with E-state index in [0.717, 1.165) is 19.4 Å². The van der Waals surface area contributed by atoms with Gasteiger partial charge in [-0.2, -0.15) is 0 Å². The fraction of sp³-hybridized carbons (Fsp3) is 0.643. The molecule has 5 nitrogen and oxygen atoms in total. The molecule has 0 aromatic carbocycles. The van der Waals surface area contributed by atoms with Gasteiger partial charge in [0.1, 0.15) is 5.82 Å². The number of amides is 1. The first-order valence-electron chi connectivity index (χ1n) is 6.78. The van der Waals surface area contributed by atoms with Crippen LogP contribution in [-0.4, -0.2) is 29.2 Å². The van der Waals surface area contributed by atoms with Crippen LogP contribution in [0.15, 0.2) is 12.1 Å². The Labute approximate surface area is 115 Å². The van der Waals surface area contributed by atoms with Crippen molar-refractivity contribution < 1.29 is 4.79 Å². The fourth-order valence-corrected chi connectivity index (χ4v) is 1.44. The van der Waals surface area contributed by atoms with Gasteiger partial charge in [-0.15, -0.1) is 10.2 Å². The minimum absolute atomic E-state index is 0.168. The lowest BCUT2D eigenvalue weighted by Crippen LogP contribution is -2.28. The van der Waals surface area contributed by atoms with Crippen molar-refractivity contribution in [2.45, 2.75) is 40.5 Å². The number of aromatic nitrogens is 2. The summed E-state index contributed by atoms with van der Waals surface area (Å²) in [5, 5.41) is 13.9. The molecule has 5 heteroatoms. The first-order chi connectivity index (χ1) is 8.92. The molecule has 0 bridgehead atoms. The average Bonchev–Trinajstić information content (AvgIpc) is 2.35. The summed E-state index contributed by atoms with van der Waals surface area (Å²) < 4.78 is 0. The lowest BCUT2D eigenvalue weighted by molar-refractivity contribution is 0.0943. The van der Waals surface area contributed by atoms with Crippen LogP contribution < -0.4 is 10.6 Å². The molecule has 19 heavy (non-hydrogen) atoms. The molecule has 0 saturated heterocycles. The van der Waals surface area contributed by atoms with Crippen molar-refractivity contribution in [3.05, 3.63) is 17.8 Å². The van der Waals surface area contributed by atoms with Crippen molar-refractivity contribution >= 4 is 11.7 Å². The Morgan fingerprint density at radius 3 is 2.47 bits per heavy atom. The zero-order chi connectivity index (χ0) is 14.3. The standard InChI is InChI=1S/C14H24N4O/c1-5-9-15-12-7-6-11(17-18-12)13(19)16-10-8-14(2,3)4/h6-7H,5,8-10H2,1-4H3,(H,15,18)(H,16,19). The minimum Gasteiger partial charge on any atom is -0.369 e. The maximum Gasteiger partial charge on any atom is 0.271 e. The topological polar surface area (TPSA) is 66.9 Å². The van der Waals surface area contributed by atoms with Gasteiger partial charge in [0.25, 0.3) is 5.91 Å². The predicted molar refractivity (Wildman–Crippen MR) is 77.2 cm³/mol. The molecule has 0 aliphatic rings. The second-order valence-electron chi connectivity index (χ2n) is 5.80. The zero-order valence-electron chi connectivity index (χ0n) is 12.3. The van der Waals surface area contributed by atoms with E-state index in [1.54, 1.807) is 12.1 Å². The molecule has 106 valence electrons. The molecule has 1 amide bonds. The van der Waals surface area contributed by atoms with Gasteiger partial charge in [0.05, 0.1) is 0 Å². The van der Waals surface area contributed by atoms with E-state index in [4.69, 9.17) is 0 Å². The normalized spacial score (nSPS) is 11.2. The number of nitrogens with one attached hydrogen (secondary N) is 2. The molecule has 0 fully saturated rings. The Morgan fingerprint density at radius 2 is 1.95 bits per heavy atom. The number of anilines is 1. The molecule has 0 atom stereocenters.